The highest BCUT2D eigenvalue weighted by atomic mass is 16.4. The number of imide groups is 1. The molecule has 1 unspecified atom stereocenters. The molecule has 17 nitrogen and oxygen atoms in total. The maximum absolute atomic E-state index is 13.8. The number of rotatable bonds is 13. The van der Waals surface area contributed by atoms with Gasteiger partial charge in [0, 0.05) is 40.2 Å². The van der Waals surface area contributed by atoms with Crippen LogP contribution in [0.5, 0.6) is 5.88 Å². The molecule has 4 aromatic rings. The summed E-state index contributed by atoms with van der Waals surface area (Å²) < 4.78 is 7.40. The van der Waals surface area contributed by atoms with Gasteiger partial charge >= 0.3 is 17.7 Å². The first-order chi connectivity index (χ1) is 25.9. The Morgan fingerprint density at radius 1 is 1.00 bits per heavy atom. The summed E-state index contributed by atoms with van der Waals surface area (Å²) in [4.78, 5) is 81.5. The van der Waals surface area contributed by atoms with E-state index >= 15 is 0 Å². The lowest BCUT2D eigenvalue weighted by Gasteiger charge is -2.35. The Morgan fingerprint density at radius 2 is 1.69 bits per heavy atom. The Morgan fingerprint density at radius 3 is 2.28 bits per heavy atom. The minimum absolute atomic E-state index is 0.0377. The summed E-state index contributed by atoms with van der Waals surface area (Å²) in [5.74, 6) is -2.31. The molecule has 1 atom stereocenters. The van der Waals surface area contributed by atoms with Crippen molar-refractivity contribution in [2.75, 3.05) is 46.7 Å². The van der Waals surface area contributed by atoms with Gasteiger partial charge in [-0.1, -0.05) is 31.4 Å². The number of imidazole rings is 1. The summed E-state index contributed by atoms with van der Waals surface area (Å²) in [6.45, 7) is 7.05. The van der Waals surface area contributed by atoms with Gasteiger partial charge < -0.3 is 34.6 Å². The van der Waals surface area contributed by atoms with Gasteiger partial charge in [-0.2, -0.15) is 4.98 Å². The van der Waals surface area contributed by atoms with Crippen LogP contribution in [0.25, 0.3) is 5.69 Å². The van der Waals surface area contributed by atoms with E-state index in [1.807, 2.05) is 18.7 Å². The molecule has 0 bridgehead atoms. The summed E-state index contributed by atoms with van der Waals surface area (Å²) in [5.41, 5.74) is -0.634. The van der Waals surface area contributed by atoms with Gasteiger partial charge in [-0.25, -0.2) is 28.8 Å². The van der Waals surface area contributed by atoms with Crippen LogP contribution in [0.2, 0.25) is 0 Å². The number of hydrogen-bond donors (Lipinski definition) is 3. The lowest BCUT2D eigenvalue weighted by molar-refractivity contribution is -0.137. The van der Waals surface area contributed by atoms with E-state index in [4.69, 9.17) is 4.42 Å². The molecule has 1 spiro atoms. The predicted octanol–water partition coefficient (Wildman–Crippen LogP) is 3.99. The first-order valence-corrected chi connectivity index (χ1v) is 18.1. The molecule has 1 aliphatic carbocycles. The zero-order valence-electron chi connectivity index (χ0n) is 31.0. The van der Waals surface area contributed by atoms with Gasteiger partial charge in [-0.05, 0) is 63.4 Å². The van der Waals surface area contributed by atoms with E-state index in [0.717, 1.165) is 33.3 Å². The predicted molar refractivity (Wildman–Crippen MR) is 200 cm³/mol. The van der Waals surface area contributed by atoms with E-state index in [1.54, 1.807) is 32.2 Å². The standard InChI is InChI=1S/C37H45N9O8/c1-6-43(7-2)34-38-22-26(44(8-3)30(47)27-13-12-20-54-27)28(40-34)39-25(32(49)50)21-23-14-16-24(17-15-23)45-31(48)29(41(4)35(45)52)46-33(51)37(42(5)36(46)53)18-10-9-11-19-37/h12-17,20,22,25,48H,6-11,18-19,21H2,1-5H3,(H,49,50)(H,38,39,40). The highest BCUT2D eigenvalue weighted by molar-refractivity contribution is 6.23. The van der Waals surface area contributed by atoms with Gasteiger partial charge in [-0.15, -0.1) is 0 Å². The number of urea groups is 1. The van der Waals surface area contributed by atoms with Gasteiger partial charge in [0.15, 0.2) is 17.4 Å². The topological polar surface area (TPSA) is 200 Å². The van der Waals surface area contributed by atoms with E-state index in [2.05, 4.69) is 15.3 Å². The molecule has 0 radical (unpaired) electrons. The zero-order chi connectivity index (χ0) is 38.9. The van der Waals surface area contributed by atoms with Crippen molar-refractivity contribution in [3.8, 4) is 11.6 Å². The number of nitrogens with one attached hydrogen (secondary N) is 1. The number of likely N-dealkylation sites (N-methyl/N-ethyl adjacent to an activating group) is 1. The summed E-state index contributed by atoms with van der Waals surface area (Å²) in [5, 5.41) is 24.8. The largest absolute Gasteiger partial charge is 0.492 e. The average Bonchev–Trinajstić information content (AvgIpc) is 3.83. The number of amides is 4. The van der Waals surface area contributed by atoms with Gasteiger partial charge in [0.05, 0.1) is 18.1 Å². The van der Waals surface area contributed by atoms with Crippen LogP contribution in [0, 0.1) is 0 Å². The van der Waals surface area contributed by atoms with Crippen LogP contribution < -0.4 is 25.7 Å². The molecule has 2 aliphatic rings. The summed E-state index contributed by atoms with van der Waals surface area (Å²) >= 11 is 0. The molecular formula is C37H45N9O8. The Hall–Kier alpha value is -6.13. The van der Waals surface area contributed by atoms with Crippen LogP contribution in [-0.2, 0) is 23.1 Å². The number of aliphatic carboxylic acids is 1. The summed E-state index contributed by atoms with van der Waals surface area (Å²) in [6.07, 6.45) is 6.37. The second-order valence-corrected chi connectivity index (χ2v) is 13.4. The fraction of sp³-hybridized carbons (Fsp3) is 0.432. The van der Waals surface area contributed by atoms with Crippen molar-refractivity contribution >= 4 is 47.1 Å². The van der Waals surface area contributed by atoms with Gasteiger partial charge in [0.2, 0.25) is 11.8 Å². The van der Waals surface area contributed by atoms with Crippen LogP contribution >= 0.6 is 0 Å². The molecular weight excluding hydrogens is 698 g/mol. The van der Waals surface area contributed by atoms with Crippen LogP contribution in [0.15, 0.2) is 58.1 Å². The normalized spacial score (nSPS) is 15.9. The van der Waals surface area contributed by atoms with Gasteiger partial charge in [-0.3, -0.25) is 14.2 Å². The third-order valence-electron chi connectivity index (χ3n) is 10.5. The number of nitrogens with zero attached hydrogens (tertiary/aromatic N) is 8. The molecule has 3 aromatic heterocycles. The van der Waals surface area contributed by atoms with Crippen molar-refractivity contribution in [2.24, 2.45) is 7.05 Å². The highest BCUT2D eigenvalue weighted by Crippen LogP contribution is 2.43. The number of aromatic hydroxyl groups is 1. The number of benzene rings is 1. The molecule has 17 heteroatoms. The molecule has 1 saturated heterocycles. The SMILES string of the molecule is CCN(CC)c1ncc(N(CC)C(=O)c2ccco2)c(NC(Cc2ccc(-n3c(O)c(N4C(=O)N(C)C5(CCCCC5)C4=O)n(C)c3=O)cc2)C(=O)O)n1. The van der Waals surface area contributed by atoms with E-state index in [9.17, 15) is 34.2 Å². The number of carboxylic acids is 1. The maximum atomic E-state index is 13.8. The van der Waals surface area contributed by atoms with Crippen molar-refractivity contribution in [1.82, 2.24) is 24.0 Å². The zero-order valence-corrected chi connectivity index (χ0v) is 31.0. The number of carboxylic acid groups (broad SMARTS) is 1. The number of hydrogen-bond acceptors (Lipinski definition) is 11. The second-order valence-electron chi connectivity index (χ2n) is 13.4. The lowest BCUT2D eigenvalue weighted by atomic mass is 9.81. The number of furan rings is 1. The first-order valence-electron chi connectivity index (χ1n) is 18.1. The molecule has 1 aliphatic heterocycles. The molecule has 1 aromatic carbocycles. The molecule has 2 fully saturated rings. The average molecular weight is 744 g/mol. The Balaban J connectivity index is 1.29. The van der Waals surface area contributed by atoms with E-state index in [1.165, 1.54) is 47.5 Å². The monoisotopic (exact) mass is 743 g/mol. The molecule has 4 heterocycles. The van der Waals surface area contributed by atoms with E-state index < -0.39 is 47.0 Å². The number of carbonyl (C=O) groups is 4. The number of anilines is 4. The fourth-order valence-electron chi connectivity index (χ4n) is 7.38. The quantitative estimate of drug-likeness (QED) is 0.167. The van der Waals surface area contributed by atoms with E-state index in [0.29, 0.717) is 37.4 Å². The first kappa shape index (κ1) is 37.6. The van der Waals surface area contributed by atoms with E-state index in [-0.39, 0.29) is 41.7 Å². The van der Waals surface area contributed by atoms with Crippen molar-refractivity contribution in [3.05, 3.63) is 70.7 Å². The molecule has 4 amide bonds. The van der Waals surface area contributed by atoms with Gasteiger partial charge in [0.25, 0.3) is 11.8 Å². The summed E-state index contributed by atoms with van der Waals surface area (Å²) in [6, 6.07) is 7.60. The minimum atomic E-state index is -1.22. The summed E-state index contributed by atoms with van der Waals surface area (Å²) in [7, 11) is 2.96. The van der Waals surface area contributed by atoms with Crippen molar-refractivity contribution in [2.45, 2.75) is 70.9 Å². The Kier molecular flexibility index (Phi) is 10.5. The molecule has 54 heavy (non-hydrogen) atoms. The van der Waals surface area contributed by atoms with Crippen LogP contribution in [0.4, 0.5) is 28.1 Å². The van der Waals surface area contributed by atoms with Crippen molar-refractivity contribution in [3.63, 3.8) is 0 Å². The van der Waals surface area contributed by atoms with Crippen LogP contribution in [0.1, 0.15) is 69.0 Å². The van der Waals surface area contributed by atoms with Crippen LogP contribution in [-0.4, -0.2) is 96.3 Å². The Labute approximate surface area is 311 Å². The molecule has 286 valence electrons. The van der Waals surface area contributed by atoms with Crippen molar-refractivity contribution < 1.29 is 33.8 Å². The highest BCUT2D eigenvalue weighted by Gasteiger charge is 2.57. The number of aromatic nitrogens is 4. The number of carbonyl (C=O) groups excluding carboxylic acids is 3. The minimum Gasteiger partial charge on any atom is -0.492 e. The second kappa shape index (κ2) is 15.1. The molecule has 6 rings (SSSR count). The van der Waals surface area contributed by atoms with Crippen LogP contribution in [0.3, 0.4) is 0 Å². The maximum Gasteiger partial charge on any atom is 0.337 e. The fourth-order valence-corrected chi connectivity index (χ4v) is 7.38. The third kappa shape index (κ3) is 6.43. The third-order valence-corrected chi connectivity index (χ3v) is 10.5. The molecule has 3 N–H and O–H groups in total. The van der Waals surface area contributed by atoms with Gasteiger partial charge in [0.1, 0.15) is 17.3 Å². The van der Waals surface area contributed by atoms with Crippen molar-refractivity contribution in [1.29, 1.82) is 0 Å². The smallest absolute Gasteiger partial charge is 0.337 e. The lowest BCUT2D eigenvalue weighted by Crippen LogP contribution is -2.49. The molecule has 1 saturated carbocycles. The Bertz CT molecular complexity index is 2100.